The van der Waals surface area contributed by atoms with E-state index < -0.39 is 0 Å². The molecule has 2 N–H and O–H groups in total. The molecule has 1 heterocycles. The number of nitrogens with one attached hydrogen (secondary N) is 2. The van der Waals surface area contributed by atoms with Crippen LogP contribution in [0.3, 0.4) is 0 Å². The molecule has 0 saturated carbocycles. The minimum atomic E-state index is 0.0632. The van der Waals surface area contributed by atoms with E-state index in [1.54, 1.807) is 7.05 Å². The molecule has 6 heteroatoms. The molecule has 26 heavy (non-hydrogen) atoms. The van der Waals surface area contributed by atoms with Crippen LogP contribution in [0.15, 0.2) is 29.3 Å². The first-order valence-electron chi connectivity index (χ1n) is 9.52. The summed E-state index contributed by atoms with van der Waals surface area (Å²) in [6.07, 6.45) is 3.11. The minimum absolute atomic E-state index is 0.0632. The van der Waals surface area contributed by atoms with Crippen molar-refractivity contribution in [3.63, 3.8) is 0 Å². The van der Waals surface area contributed by atoms with E-state index in [1.807, 2.05) is 23.1 Å². The second-order valence-corrected chi connectivity index (χ2v) is 6.93. The van der Waals surface area contributed by atoms with Gasteiger partial charge < -0.3 is 20.3 Å². The fourth-order valence-electron chi connectivity index (χ4n) is 2.93. The van der Waals surface area contributed by atoms with Crippen LogP contribution < -0.4 is 15.5 Å². The molecule has 0 fully saturated rings. The van der Waals surface area contributed by atoms with Gasteiger partial charge in [0, 0.05) is 32.4 Å². The van der Waals surface area contributed by atoms with Gasteiger partial charge in [0.15, 0.2) is 5.96 Å². The quantitative estimate of drug-likeness (QED) is 0.424. The third kappa shape index (κ3) is 6.33. The van der Waals surface area contributed by atoms with Crippen LogP contribution in [-0.2, 0) is 16.0 Å². The average molecular weight is 361 g/mol. The summed E-state index contributed by atoms with van der Waals surface area (Å²) < 4.78 is 5.58. The summed E-state index contributed by atoms with van der Waals surface area (Å²) in [5, 5.41) is 6.28. The van der Waals surface area contributed by atoms with Crippen LogP contribution in [-0.4, -0.2) is 51.8 Å². The lowest BCUT2D eigenvalue weighted by molar-refractivity contribution is -0.117. The Morgan fingerprint density at radius 3 is 2.85 bits per heavy atom. The van der Waals surface area contributed by atoms with Gasteiger partial charge in [-0.15, -0.1) is 0 Å². The molecule has 0 atom stereocenters. The number of nitrogens with zero attached hydrogens (tertiary/aromatic N) is 2. The number of para-hydroxylation sites is 1. The van der Waals surface area contributed by atoms with Crippen LogP contribution in [0.25, 0.3) is 0 Å². The first-order valence-corrected chi connectivity index (χ1v) is 9.52. The monoisotopic (exact) mass is 360 g/mol. The first kappa shape index (κ1) is 20.2. The van der Waals surface area contributed by atoms with Gasteiger partial charge in [-0.1, -0.05) is 32.0 Å². The van der Waals surface area contributed by atoms with E-state index in [1.165, 1.54) is 5.56 Å². The molecule has 1 aromatic carbocycles. The summed E-state index contributed by atoms with van der Waals surface area (Å²) in [6.45, 7) is 7.43. The predicted octanol–water partition coefficient (Wildman–Crippen LogP) is 2.19. The summed E-state index contributed by atoms with van der Waals surface area (Å²) >= 11 is 0. The number of aryl methyl sites for hydroxylation is 1. The number of aliphatic imine (C=N–C) groups is 1. The number of carbonyl (C=O) groups is 1. The smallest absolute Gasteiger partial charge is 0.246 e. The van der Waals surface area contributed by atoms with Crippen LogP contribution in [0.2, 0.25) is 0 Å². The molecular formula is C20H32N4O2. The van der Waals surface area contributed by atoms with Gasteiger partial charge in [0.05, 0.1) is 13.2 Å². The van der Waals surface area contributed by atoms with Crippen molar-refractivity contribution in [1.29, 1.82) is 0 Å². The van der Waals surface area contributed by atoms with E-state index in [4.69, 9.17) is 4.74 Å². The van der Waals surface area contributed by atoms with Crippen molar-refractivity contribution in [2.75, 3.05) is 44.8 Å². The van der Waals surface area contributed by atoms with Gasteiger partial charge in [0.1, 0.15) is 0 Å². The highest BCUT2D eigenvalue weighted by Crippen LogP contribution is 2.26. The first-order chi connectivity index (χ1) is 12.6. The number of hydrogen-bond donors (Lipinski definition) is 2. The number of fused-ring (bicyclic) bond motifs is 1. The molecular weight excluding hydrogens is 328 g/mol. The Labute approximate surface area is 157 Å². The van der Waals surface area contributed by atoms with Crippen molar-refractivity contribution < 1.29 is 9.53 Å². The zero-order chi connectivity index (χ0) is 18.8. The molecule has 0 spiro atoms. The molecule has 0 bridgehead atoms. The van der Waals surface area contributed by atoms with Crippen molar-refractivity contribution in [2.24, 2.45) is 10.9 Å². The van der Waals surface area contributed by atoms with Crippen LogP contribution in [0.4, 0.5) is 5.69 Å². The maximum absolute atomic E-state index is 12.6. The van der Waals surface area contributed by atoms with Crippen LogP contribution >= 0.6 is 0 Å². The third-order valence-electron chi connectivity index (χ3n) is 4.42. The highest BCUT2D eigenvalue weighted by molar-refractivity contribution is 5.98. The predicted molar refractivity (Wildman–Crippen MR) is 107 cm³/mol. The molecule has 2 rings (SSSR count). The Bertz CT molecular complexity index is 601. The summed E-state index contributed by atoms with van der Waals surface area (Å²) in [5.74, 6) is 1.34. The Kier molecular flexibility index (Phi) is 8.41. The number of carbonyl (C=O) groups excluding carboxylic acids is 1. The van der Waals surface area contributed by atoms with Crippen LogP contribution in [0.1, 0.15) is 32.3 Å². The standard InChI is InChI=1S/C20H32N4O2/c1-16(2)10-13-26-14-11-22-20(21-3)23-15-19(25)24-12-6-8-17-7-4-5-9-18(17)24/h4-5,7,9,16H,6,8,10-15H2,1-3H3,(H2,21,22,23). The van der Waals surface area contributed by atoms with E-state index in [2.05, 4.69) is 35.5 Å². The van der Waals surface area contributed by atoms with Gasteiger partial charge in [0.2, 0.25) is 5.91 Å². The number of amides is 1. The Morgan fingerprint density at radius 2 is 2.08 bits per heavy atom. The lowest BCUT2D eigenvalue weighted by atomic mass is 10.0. The molecule has 0 radical (unpaired) electrons. The maximum Gasteiger partial charge on any atom is 0.246 e. The van der Waals surface area contributed by atoms with Gasteiger partial charge in [-0.05, 0) is 36.8 Å². The van der Waals surface area contributed by atoms with E-state index in [-0.39, 0.29) is 12.5 Å². The van der Waals surface area contributed by atoms with Crippen LogP contribution in [0, 0.1) is 5.92 Å². The Morgan fingerprint density at radius 1 is 1.27 bits per heavy atom. The SMILES string of the molecule is CN=C(NCCOCCC(C)C)NCC(=O)N1CCCc2ccccc21. The fourth-order valence-corrected chi connectivity index (χ4v) is 2.93. The molecule has 6 nitrogen and oxygen atoms in total. The molecule has 0 saturated heterocycles. The van der Waals surface area contributed by atoms with Gasteiger partial charge in [-0.25, -0.2) is 0 Å². The summed E-state index contributed by atoms with van der Waals surface area (Å²) in [6, 6.07) is 8.13. The number of benzene rings is 1. The molecule has 144 valence electrons. The van der Waals surface area contributed by atoms with Gasteiger partial charge in [-0.3, -0.25) is 9.79 Å². The van der Waals surface area contributed by atoms with Crippen LogP contribution in [0.5, 0.6) is 0 Å². The minimum Gasteiger partial charge on any atom is -0.380 e. The van der Waals surface area contributed by atoms with E-state index >= 15 is 0 Å². The lowest BCUT2D eigenvalue weighted by Crippen LogP contribution is -2.46. The number of anilines is 1. The van der Waals surface area contributed by atoms with Crippen molar-refractivity contribution in [3.8, 4) is 0 Å². The highest BCUT2D eigenvalue weighted by atomic mass is 16.5. The van der Waals surface area contributed by atoms with E-state index in [0.29, 0.717) is 25.0 Å². The fraction of sp³-hybridized carbons (Fsp3) is 0.600. The van der Waals surface area contributed by atoms with E-state index in [0.717, 1.165) is 38.1 Å². The molecule has 0 unspecified atom stereocenters. The molecule has 1 aliphatic heterocycles. The maximum atomic E-state index is 12.6. The third-order valence-corrected chi connectivity index (χ3v) is 4.42. The summed E-state index contributed by atoms with van der Waals surface area (Å²) in [4.78, 5) is 18.6. The molecule has 0 aliphatic carbocycles. The van der Waals surface area contributed by atoms with Crippen molar-refractivity contribution in [1.82, 2.24) is 10.6 Å². The van der Waals surface area contributed by atoms with Gasteiger partial charge in [0.25, 0.3) is 0 Å². The number of ether oxygens (including phenoxy) is 1. The normalized spacial score (nSPS) is 14.3. The number of hydrogen-bond acceptors (Lipinski definition) is 3. The summed E-state index contributed by atoms with van der Waals surface area (Å²) in [5.41, 5.74) is 2.28. The molecule has 0 aromatic heterocycles. The largest absolute Gasteiger partial charge is 0.380 e. The Balaban J connectivity index is 1.72. The second-order valence-electron chi connectivity index (χ2n) is 6.93. The zero-order valence-electron chi connectivity index (χ0n) is 16.3. The molecule has 1 aromatic rings. The summed E-state index contributed by atoms with van der Waals surface area (Å²) in [7, 11) is 1.70. The average Bonchev–Trinajstić information content (AvgIpc) is 2.65. The number of guanidine groups is 1. The van der Waals surface area contributed by atoms with Gasteiger partial charge >= 0.3 is 0 Å². The molecule has 1 aliphatic rings. The number of rotatable bonds is 8. The van der Waals surface area contributed by atoms with Crippen molar-refractivity contribution in [2.45, 2.75) is 33.1 Å². The van der Waals surface area contributed by atoms with Crippen molar-refractivity contribution >= 4 is 17.6 Å². The molecule has 1 amide bonds. The highest BCUT2D eigenvalue weighted by Gasteiger charge is 2.21. The van der Waals surface area contributed by atoms with Gasteiger partial charge in [-0.2, -0.15) is 0 Å². The topological polar surface area (TPSA) is 66.0 Å². The van der Waals surface area contributed by atoms with Crippen molar-refractivity contribution in [3.05, 3.63) is 29.8 Å². The Hall–Kier alpha value is -2.08. The zero-order valence-corrected chi connectivity index (χ0v) is 16.3. The lowest BCUT2D eigenvalue weighted by Gasteiger charge is -2.29. The van der Waals surface area contributed by atoms with E-state index in [9.17, 15) is 4.79 Å². The second kappa shape index (κ2) is 10.8.